The highest BCUT2D eigenvalue weighted by atomic mass is 16.6. The minimum absolute atomic E-state index is 0.0871. The predicted molar refractivity (Wildman–Crippen MR) is 86.8 cm³/mol. The number of nitrogens with zero attached hydrogens (tertiary/aromatic N) is 1. The van der Waals surface area contributed by atoms with Gasteiger partial charge in [-0.3, -0.25) is 9.59 Å². The SMILES string of the molecule is COc1cccc(OC)c1C(=O)OCN1C(=O)c2ccccc2C1=O. The Morgan fingerprint density at radius 3 is 1.88 bits per heavy atom. The summed E-state index contributed by atoms with van der Waals surface area (Å²) in [4.78, 5) is 37.8. The Bertz CT molecular complexity index is 803. The maximum atomic E-state index is 12.4. The van der Waals surface area contributed by atoms with Crippen molar-refractivity contribution in [1.82, 2.24) is 4.90 Å². The average molecular weight is 341 g/mol. The molecule has 128 valence electrons. The van der Waals surface area contributed by atoms with E-state index < -0.39 is 24.5 Å². The zero-order valence-electron chi connectivity index (χ0n) is 13.6. The van der Waals surface area contributed by atoms with Gasteiger partial charge in [0.2, 0.25) is 0 Å². The first-order valence-electron chi connectivity index (χ1n) is 7.41. The molecule has 1 aliphatic heterocycles. The zero-order valence-corrected chi connectivity index (χ0v) is 13.6. The third-order valence-corrected chi connectivity index (χ3v) is 3.83. The van der Waals surface area contributed by atoms with Crippen molar-refractivity contribution >= 4 is 17.8 Å². The number of carbonyl (C=O) groups is 3. The van der Waals surface area contributed by atoms with Gasteiger partial charge in [0.15, 0.2) is 6.73 Å². The third-order valence-electron chi connectivity index (χ3n) is 3.83. The standard InChI is InChI=1S/C18H15NO6/c1-23-13-8-5-9-14(24-2)15(13)18(22)25-10-19-16(20)11-6-3-4-7-12(11)17(19)21/h3-9H,10H2,1-2H3. The molecule has 2 amide bonds. The van der Waals surface area contributed by atoms with E-state index in [1.807, 2.05) is 0 Å². The summed E-state index contributed by atoms with van der Waals surface area (Å²) in [5.41, 5.74) is 0.668. The Morgan fingerprint density at radius 2 is 1.40 bits per heavy atom. The van der Waals surface area contributed by atoms with Crippen LogP contribution in [0.4, 0.5) is 0 Å². The molecule has 2 aromatic carbocycles. The number of fused-ring (bicyclic) bond motifs is 1. The lowest BCUT2D eigenvalue weighted by Gasteiger charge is -2.16. The first-order valence-corrected chi connectivity index (χ1v) is 7.41. The smallest absolute Gasteiger partial charge is 0.347 e. The molecular formula is C18H15NO6. The van der Waals surface area contributed by atoms with Crippen LogP contribution >= 0.6 is 0 Å². The van der Waals surface area contributed by atoms with Gasteiger partial charge in [-0.05, 0) is 24.3 Å². The van der Waals surface area contributed by atoms with Gasteiger partial charge < -0.3 is 14.2 Å². The minimum atomic E-state index is -0.758. The fourth-order valence-electron chi connectivity index (χ4n) is 2.60. The van der Waals surface area contributed by atoms with Crippen LogP contribution in [-0.4, -0.2) is 43.6 Å². The first kappa shape index (κ1) is 16.5. The van der Waals surface area contributed by atoms with Crippen LogP contribution in [0.1, 0.15) is 31.1 Å². The molecule has 2 aromatic rings. The second kappa shape index (κ2) is 6.64. The molecule has 0 aliphatic carbocycles. The highest BCUT2D eigenvalue weighted by molar-refractivity contribution is 6.21. The molecule has 0 atom stereocenters. The lowest BCUT2D eigenvalue weighted by atomic mass is 10.1. The number of esters is 1. The number of benzene rings is 2. The average Bonchev–Trinajstić information content (AvgIpc) is 2.89. The number of imide groups is 1. The van der Waals surface area contributed by atoms with E-state index in [-0.39, 0.29) is 17.1 Å². The molecule has 0 aromatic heterocycles. The highest BCUT2D eigenvalue weighted by Gasteiger charge is 2.36. The molecule has 1 heterocycles. The number of methoxy groups -OCH3 is 2. The Balaban J connectivity index is 1.79. The van der Waals surface area contributed by atoms with Gasteiger partial charge in [0.05, 0.1) is 25.3 Å². The molecule has 0 N–H and O–H groups in total. The molecule has 25 heavy (non-hydrogen) atoms. The molecule has 0 fully saturated rings. The highest BCUT2D eigenvalue weighted by Crippen LogP contribution is 2.29. The summed E-state index contributed by atoms with van der Waals surface area (Å²) in [6.45, 7) is -0.494. The first-order chi connectivity index (χ1) is 12.1. The molecule has 0 bridgehead atoms. The van der Waals surface area contributed by atoms with Gasteiger partial charge in [-0.1, -0.05) is 18.2 Å². The molecule has 0 saturated carbocycles. The van der Waals surface area contributed by atoms with Gasteiger partial charge in [-0.25, -0.2) is 9.69 Å². The number of amides is 2. The third kappa shape index (κ3) is 2.80. The molecule has 1 aliphatic rings. The van der Waals surface area contributed by atoms with Crippen LogP contribution in [0.15, 0.2) is 42.5 Å². The fraction of sp³-hybridized carbons (Fsp3) is 0.167. The van der Waals surface area contributed by atoms with E-state index in [1.54, 1.807) is 42.5 Å². The largest absolute Gasteiger partial charge is 0.496 e. The summed E-state index contributed by atoms with van der Waals surface area (Å²) in [5.74, 6) is -1.22. The van der Waals surface area contributed by atoms with Crippen molar-refractivity contribution in [2.45, 2.75) is 0 Å². The quantitative estimate of drug-likeness (QED) is 0.612. The number of hydrogen-bond donors (Lipinski definition) is 0. The van der Waals surface area contributed by atoms with Crippen molar-refractivity contribution in [3.63, 3.8) is 0 Å². The van der Waals surface area contributed by atoms with Crippen molar-refractivity contribution in [2.75, 3.05) is 21.0 Å². The molecule has 0 spiro atoms. The van der Waals surface area contributed by atoms with E-state index in [0.29, 0.717) is 11.1 Å². The fourth-order valence-corrected chi connectivity index (χ4v) is 2.60. The second-order valence-electron chi connectivity index (χ2n) is 5.18. The van der Waals surface area contributed by atoms with Gasteiger partial charge in [0, 0.05) is 0 Å². The Hall–Kier alpha value is -3.35. The van der Waals surface area contributed by atoms with E-state index in [2.05, 4.69) is 0 Å². The van der Waals surface area contributed by atoms with Crippen molar-refractivity contribution in [2.24, 2.45) is 0 Å². The van der Waals surface area contributed by atoms with E-state index >= 15 is 0 Å². The van der Waals surface area contributed by atoms with Crippen LogP contribution in [0.25, 0.3) is 0 Å². The van der Waals surface area contributed by atoms with E-state index in [4.69, 9.17) is 14.2 Å². The van der Waals surface area contributed by atoms with Crippen LogP contribution in [0.3, 0.4) is 0 Å². The molecule has 0 radical (unpaired) electrons. The lowest BCUT2D eigenvalue weighted by Crippen LogP contribution is -2.33. The van der Waals surface area contributed by atoms with Gasteiger partial charge in [-0.15, -0.1) is 0 Å². The predicted octanol–water partition coefficient (Wildman–Crippen LogP) is 2.11. The van der Waals surface area contributed by atoms with Crippen molar-refractivity contribution in [3.05, 3.63) is 59.2 Å². The number of carbonyl (C=O) groups excluding carboxylic acids is 3. The van der Waals surface area contributed by atoms with Crippen molar-refractivity contribution in [1.29, 1.82) is 0 Å². The Kier molecular flexibility index (Phi) is 4.38. The maximum Gasteiger partial charge on any atom is 0.347 e. The number of ether oxygens (including phenoxy) is 3. The van der Waals surface area contributed by atoms with E-state index in [9.17, 15) is 14.4 Å². The summed E-state index contributed by atoms with van der Waals surface area (Å²) in [5, 5.41) is 0. The summed E-state index contributed by atoms with van der Waals surface area (Å²) in [7, 11) is 2.82. The van der Waals surface area contributed by atoms with Crippen LogP contribution in [0, 0.1) is 0 Å². The van der Waals surface area contributed by atoms with Gasteiger partial charge in [-0.2, -0.15) is 0 Å². The van der Waals surface area contributed by atoms with Crippen LogP contribution in [-0.2, 0) is 4.74 Å². The summed E-state index contributed by atoms with van der Waals surface area (Å²) >= 11 is 0. The van der Waals surface area contributed by atoms with Gasteiger partial charge in [0.1, 0.15) is 17.1 Å². The van der Waals surface area contributed by atoms with Gasteiger partial charge >= 0.3 is 5.97 Å². The minimum Gasteiger partial charge on any atom is -0.496 e. The van der Waals surface area contributed by atoms with Crippen LogP contribution in [0.2, 0.25) is 0 Å². The zero-order chi connectivity index (χ0) is 18.0. The normalized spacial score (nSPS) is 12.8. The Labute approximate surface area is 143 Å². The molecule has 3 rings (SSSR count). The number of rotatable bonds is 5. The monoisotopic (exact) mass is 341 g/mol. The second-order valence-corrected chi connectivity index (χ2v) is 5.18. The summed E-state index contributed by atoms with van der Waals surface area (Å²) in [6, 6.07) is 11.3. The summed E-state index contributed by atoms with van der Waals surface area (Å²) < 4.78 is 15.4. The van der Waals surface area contributed by atoms with E-state index in [1.165, 1.54) is 14.2 Å². The molecule has 7 heteroatoms. The van der Waals surface area contributed by atoms with Gasteiger partial charge in [0.25, 0.3) is 11.8 Å². The lowest BCUT2D eigenvalue weighted by molar-refractivity contribution is 0.0224. The number of hydrogen-bond acceptors (Lipinski definition) is 6. The van der Waals surface area contributed by atoms with Crippen LogP contribution in [0.5, 0.6) is 11.5 Å². The van der Waals surface area contributed by atoms with E-state index in [0.717, 1.165) is 4.90 Å². The van der Waals surface area contributed by atoms with Crippen molar-refractivity contribution < 1.29 is 28.6 Å². The summed E-state index contributed by atoms with van der Waals surface area (Å²) in [6.07, 6.45) is 0. The topological polar surface area (TPSA) is 82.1 Å². The molecular weight excluding hydrogens is 326 g/mol. The molecule has 0 unspecified atom stereocenters. The Morgan fingerprint density at radius 1 is 0.880 bits per heavy atom. The maximum absolute atomic E-state index is 12.4. The van der Waals surface area contributed by atoms with Crippen molar-refractivity contribution in [3.8, 4) is 11.5 Å². The molecule has 7 nitrogen and oxygen atoms in total. The molecule has 0 saturated heterocycles. The van der Waals surface area contributed by atoms with Crippen LogP contribution < -0.4 is 9.47 Å².